The summed E-state index contributed by atoms with van der Waals surface area (Å²) in [7, 11) is 0. The molecule has 32 heavy (non-hydrogen) atoms. The molecule has 176 valence electrons. The molecule has 1 atom stereocenters. The fourth-order valence-electron chi connectivity index (χ4n) is 3.12. The minimum absolute atomic E-state index is 0.105. The Morgan fingerprint density at radius 2 is 1.97 bits per heavy atom. The number of hydrogen-bond donors (Lipinski definition) is 2. The maximum absolute atomic E-state index is 12.6. The van der Waals surface area contributed by atoms with Crippen molar-refractivity contribution >= 4 is 35.1 Å². The summed E-state index contributed by atoms with van der Waals surface area (Å²) in [5.41, 5.74) is 0.414. The molecule has 1 fully saturated rings. The number of ether oxygens (including phenoxy) is 2. The van der Waals surface area contributed by atoms with Crippen LogP contribution in [-0.4, -0.2) is 60.1 Å². The molecule has 2 amide bonds. The minimum atomic E-state index is -0.818. The summed E-state index contributed by atoms with van der Waals surface area (Å²) in [6, 6.07) is 5.95. The van der Waals surface area contributed by atoms with Crippen LogP contribution >= 0.6 is 12.2 Å². The Morgan fingerprint density at radius 3 is 2.62 bits per heavy atom. The van der Waals surface area contributed by atoms with Crippen LogP contribution in [0.3, 0.4) is 0 Å². The highest BCUT2D eigenvalue weighted by molar-refractivity contribution is 7.80. The second kappa shape index (κ2) is 13.0. The Morgan fingerprint density at radius 1 is 1.25 bits per heavy atom. The van der Waals surface area contributed by atoms with E-state index in [0.717, 1.165) is 19.3 Å². The van der Waals surface area contributed by atoms with E-state index < -0.39 is 17.9 Å². The summed E-state index contributed by atoms with van der Waals surface area (Å²) in [5, 5.41) is 5.51. The van der Waals surface area contributed by atoms with Gasteiger partial charge in [0.25, 0.3) is 5.91 Å². The molecule has 2 rings (SSSR count). The summed E-state index contributed by atoms with van der Waals surface area (Å²) in [6.07, 6.45) is 2.66. The molecule has 1 aliphatic heterocycles. The van der Waals surface area contributed by atoms with Crippen molar-refractivity contribution in [3.05, 3.63) is 29.8 Å². The van der Waals surface area contributed by atoms with Gasteiger partial charge in [-0.3, -0.25) is 19.7 Å². The molecule has 1 unspecified atom stereocenters. The zero-order chi connectivity index (χ0) is 23.5. The first-order valence-corrected chi connectivity index (χ1v) is 11.5. The van der Waals surface area contributed by atoms with Gasteiger partial charge in [0.05, 0.1) is 19.6 Å². The number of hydrogen-bond acceptors (Lipinski definition) is 6. The Bertz CT molecular complexity index is 797. The lowest BCUT2D eigenvalue weighted by molar-refractivity contribution is -0.147. The molecule has 0 bridgehead atoms. The number of carbonyl (C=O) groups excluding carboxylic acids is 3. The summed E-state index contributed by atoms with van der Waals surface area (Å²) in [5.74, 6) is -0.0803. The molecule has 1 aromatic rings. The van der Waals surface area contributed by atoms with Crippen LogP contribution in [-0.2, 0) is 14.3 Å². The van der Waals surface area contributed by atoms with Gasteiger partial charge in [0.1, 0.15) is 11.8 Å². The summed E-state index contributed by atoms with van der Waals surface area (Å²) in [6.45, 7) is 7.87. The van der Waals surface area contributed by atoms with Gasteiger partial charge in [0.15, 0.2) is 5.11 Å². The Balaban J connectivity index is 1.94. The van der Waals surface area contributed by atoms with Gasteiger partial charge >= 0.3 is 5.97 Å². The number of benzene rings is 1. The van der Waals surface area contributed by atoms with Crippen LogP contribution in [0.5, 0.6) is 5.75 Å². The molecule has 8 nitrogen and oxygen atoms in total. The smallest absolute Gasteiger partial charge is 0.308 e. The topological polar surface area (TPSA) is 97.0 Å². The van der Waals surface area contributed by atoms with E-state index in [-0.39, 0.29) is 17.4 Å². The number of piperazine rings is 1. The van der Waals surface area contributed by atoms with E-state index in [1.165, 1.54) is 0 Å². The SMILES string of the molecule is CCCCCOC(=O)CC1C(=O)NCCN1C(=S)NC(=O)c1ccc(OCC(C)C)cc1. The molecular weight excluding hydrogens is 430 g/mol. The van der Waals surface area contributed by atoms with Gasteiger partial charge in [-0.05, 0) is 48.8 Å². The maximum atomic E-state index is 12.6. The molecule has 1 aromatic carbocycles. The number of carbonyl (C=O) groups is 3. The maximum Gasteiger partial charge on any atom is 0.308 e. The van der Waals surface area contributed by atoms with E-state index in [0.29, 0.717) is 43.5 Å². The predicted molar refractivity (Wildman–Crippen MR) is 125 cm³/mol. The van der Waals surface area contributed by atoms with Crippen molar-refractivity contribution in [2.75, 3.05) is 26.3 Å². The Labute approximate surface area is 195 Å². The highest BCUT2D eigenvalue weighted by Gasteiger charge is 2.34. The molecule has 0 aliphatic carbocycles. The molecule has 9 heteroatoms. The first-order chi connectivity index (χ1) is 15.3. The standard InChI is InChI=1S/C23H33N3O5S/c1-4-5-6-13-30-20(27)14-19-22(29)24-11-12-26(19)23(32)25-21(28)17-7-9-18(10-8-17)31-15-16(2)3/h7-10,16,19H,4-6,11-15H2,1-3H3,(H,24,29)(H,25,28,32). The number of nitrogens with one attached hydrogen (secondary N) is 2. The molecule has 1 aliphatic rings. The third-order valence-electron chi connectivity index (χ3n) is 4.88. The summed E-state index contributed by atoms with van der Waals surface area (Å²) in [4.78, 5) is 38.8. The monoisotopic (exact) mass is 463 g/mol. The van der Waals surface area contributed by atoms with E-state index >= 15 is 0 Å². The lowest BCUT2D eigenvalue weighted by Crippen LogP contribution is -2.60. The van der Waals surface area contributed by atoms with Gasteiger partial charge in [-0.2, -0.15) is 0 Å². The van der Waals surface area contributed by atoms with Crippen LogP contribution in [0.1, 0.15) is 56.8 Å². The number of thiocarbonyl (C=S) groups is 1. The van der Waals surface area contributed by atoms with E-state index in [9.17, 15) is 14.4 Å². The fourth-order valence-corrected chi connectivity index (χ4v) is 3.43. The highest BCUT2D eigenvalue weighted by atomic mass is 32.1. The van der Waals surface area contributed by atoms with Crippen molar-refractivity contribution in [2.24, 2.45) is 5.92 Å². The molecule has 0 spiro atoms. The molecule has 0 saturated carbocycles. The van der Waals surface area contributed by atoms with Crippen LogP contribution < -0.4 is 15.4 Å². The van der Waals surface area contributed by atoms with E-state index in [1.807, 2.05) is 0 Å². The quantitative estimate of drug-likeness (QED) is 0.313. The Hall–Kier alpha value is -2.68. The second-order valence-corrected chi connectivity index (χ2v) is 8.51. The van der Waals surface area contributed by atoms with Gasteiger partial charge in [0, 0.05) is 18.7 Å². The zero-order valence-corrected chi connectivity index (χ0v) is 19.8. The lowest BCUT2D eigenvalue weighted by Gasteiger charge is -2.36. The first kappa shape index (κ1) is 25.6. The van der Waals surface area contributed by atoms with Crippen LogP contribution in [0.4, 0.5) is 0 Å². The second-order valence-electron chi connectivity index (χ2n) is 8.12. The fraction of sp³-hybridized carbons (Fsp3) is 0.565. The third kappa shape index (κ3) is 8.11. The number of rotatable bonds is 10. The number of nitrogens with zero attached hydrogens (tertiary/aromatic N) is 1. The summed E-state index contributed by atoms with van der Waals surface area (Å²) >= 11 is 5.39. The van der Waals surface area contributed by atoms with Crippen LogP contribution in [0.2, 0.25) is 0 Å². The van der Waals surface area contributed by atoms with Crippen LogP contribution in [0.25, 0.3) is 0 Å². The average molecular weight is 464 g/mol. The van der Waals surface area contributed by atoms with Gasteiger partial charge in [-0.25, -0.2) is 0 Å². The van der Waals surface area contributed by atoms with Crippen molar-refractivity contribution < 1.29 is 23.9 Å². The largest absolute Gasteiger partial charge is 0.493 e. The predicted octanol–water partition coefficient (Wildman–Crippen LogP) is 2.66. The van der Waals surface area contributed by atoms with Crippen molar-refractivity contribution in [3.8, 4) is 5.75 Å². The number of esters is 1. The van der Waals surface area contributed by atoms with Gasteiger partial charge in [-0.1, -0.05) is 33.6 Å². The zero-order valence-electron chi connectivity index (χ0n) is 19.0. The van der Waals surface area contributed by atoms with Gasteiger partial charge in [0.2, 0.25) is 5.91 Å². The summed E-state index contributed by atoms with van der Waals surface area (Å²) < 4.78 is 10.9. The average Bonchev–Trinajstić information content (AvgIpc) is 2.77. The Kier molecular flexibility index (Phi) is 10.4. The highest BCUT2D eigenvalue weighted by Crippen LogP contribution is 2.15. The third-order valence-corrected chi connectivity index (χ3v) is 5.22. The van der Waals surface area contributed by atoms with Crippen molar-refractivity contribution in [3.63, 3.8) is 0 Å². The van der Waals surface area contributed by atoms with Crippen molar-refractivity contribution in [1.82, 2.24) is 15.5 Å². The first-order valence-electron chi connectivity index (χ1n) is 11.1. The lowest BCUT2D eigenvalue weighted by atomic mass is 10.1. The molecule has 0 aromatic heterocycles. The van der Waals surface area contributed by atoms with E-state index in [2.05, 4.69) is 31.4 Å². The van der Waals surface area contributed by atoms with Crippen molar-refractivity contribution in [1.29, 1.82) is 0 Å². The van der Waals surface area contributed by atoms with E-state index in [4.69, 9.17) is 21.7 Å². The van der Waals surface area contributed by atoms with Crippen molar-refractivity contribution in [2.45, 2.75) is 52.5 Å². The van der Waals surface area contributed by atoms with Gasteiger partial charge in [-0.15, -0.1) is 0 Å². The normalized spacial score (nSPS) is 15.8. The number of amides is 2. The molecule has 1 saturated heterocycles. The molecule has 2 N–H and O–H groups in total. The van der Waals surface area contributed by atoms with Gasteiger partial charge < -0.3 is 19.7 Å². The molecular formula is C23H33N3O5S. The number of unbranched alkanes of at least 4 members (excludes halogenated alkanes) is 2. The van der Waals surface area contributed by atoms with Crippen LogP contribution in [0, 0.1) is 5.92 Å². The molecule has 1 heterocycles. The van der Waals surface area contributed by atoms with E-state index in [1.54, 1.807) is 29.2 Å². The van der Waals surface area contributed by atoms with Crippen LogP contribution in [0.15, 0.2) is 24.3 Å². The molecule has 0 radical (unpaired) electrons. The minimum Gasteiger partial charge on any atom is -0.493 e.